The molecule has 0 unspecified atom stereocenters. The molecule has 0 N–H and O–H groups in total. The average molecular weight is 281 g/mol. The van der Waals surface area contributed by atoms with Crippen molar-refractivity contribution in [3.05, 3.63) is 29.3 Å². The minimum absolute atomic E-state index is 0.146. The lowest BCUT2D eigenvalue weighted by Crippen LogP contribution is -2.34. The van der Waals surface area contributed by atoms with Gasteiger partial charge < -0.3 is 4.74 Å². The molecular formula is C14H19NO3S. The predicted octanol–water partition coefficient (Wildman–Crippen LogP) is 2.07. The SMILES string of the molecule is Cc1ccc2c(c1)CS(=O)(=O)N2CC1CCOCC1. The van der Waals surface area contributed by atoms with Gasteiger partial charge in [0.05, 0.1) is 11.4 Å². The Morgan fingerprint density at radius 2 is 2.05 bits per heavy atom. The van der Waals surface area contributed by atoms with E-state index in [1.54, 1.807) is 4.31 Å². The first-order chi connectivity index (χ1) is 9.06. The van der Waals surface area contributed by atoms with E-state index in [2.05, 4.69) is 0 Å². The fourth-order valence-corrected chi connectivity index (χ4v) is 4.57. The molecule has 104 valence electrons. The summed E-state index contributed by atoms with van der Waals surface area (Å²) in [6, 6.07) is 5.90. The van der Waals surface area contributed by atoms with Gasteiger partial charge in [0.2, 0.25) is 10.0 Å². The van der Waals surface area contributed by atoms with E-state index in [-0.39, 0.29) is 5.75 Å². The van der Waals surface area contributed by atoms with Gasteiger partial charge in [-0.25, -0.2) is 8.42 Å². The summed E-state index contributed by atoms with van der Waals surface area (Å²) in [5, 5.41) is 0. The summed E-state index contributed by atoms with van der Waals surface area (Å²) in [5.74, 6) is 0.559. The van der Waals surface area contributed by atoms with Gasteiger partial charge in [0.1, 0.15) is 0 Å². The van der Waals surface area contributed by atoms with Gasteiger partial charge in [0, 0.05) is 19.8 Å². The Balaban J connectivity index is 1.87. The van der Waals surface area contributed by atoms with Crippen LogP contribution in [0.5, 0.6) is 0 Å². The number of ether oxygens (including phenoxy) is 1. The number of benzene rings is 1. The van der Waals surface area contributed by atoms with Crippen LogP contribution >= 0.6 is 0 Å². The predicted molar refractivity (Wildman–Crippen MR) is 74.7 cm³/mol. The molecule has 5 heteroatoms. The summed E-state index contributed by atoms with van der Waals surface area (Å²) in [4.78, 5) is 0. The van der Waals surface area contributed by atoms with E-state index in [4.69, 9.17) is 4.74 Å². The van der Waals surface area contributed by atoms with Crippen LogP contribution in [-0.2, 0) is 20.5 Å². The first-order valence-corrected chi connectivity index (χ1v) is 8.35. The number of sulfonamides is 1. The number of aryl methyl sites for hydroxylation is 1. The Kier molecular flexibility index (Phi) is 3.27. The first kappa shape index (κ1) is 12.9. The maximum atomic E-state index is 12.3. The number of anilines is 1. The van der Waals surface area contributed by atoms with Crippen molar-refractivity contribution in [1.82, 2.24) is 0 Å². The van der Waals surface area contributed by atoms with Crippen LogP contribution in [0.2, 0.25) is 0 Å². The molecule has 1 aromatic carbocycles. The van der Waals surface area contributed by atoms with Crippen molar-refractivity contribution in [1.29, 1.82) is 0 Å². The monoisotopic (exact) mass is 281 g/mol. The lowest BCUT2D eigenvalue weighted by atomic mass is 10.00. The number of rotatable bonds is 2. The Hall–Kier alpha value is -1.07. The Morgan fingerprint density at radius 3 is 2.79 bits per heavy atom. The summed E-state index contributed by atoms with van der Waals surface area (Å²) in [5.41, 5.74) is 2.92. The van der Waals surface area contributed by atoms with Gasteiger partial charge >= 0.3 is 0 Å². The van der Waals surface area contributed by atoms with Gasteiger partial charge in [-0.1, -0.05) is 17.7 Å². The van der Waals surface area contributed by atoms with Crippen molar-refractivity contribution < 1.29 is 13.2 Å². The van der Waals surface area contributed by atoms with Gasteiger partial charge in [0.15, 0.2) is 0 Å². The van der Waals surface area contributed by atoms with Gasteiger partial charge in [-0.15, -0.1) is 0 Å². The van der Waals surface area contributed by atoms with Crippen molar-refractivity contribution in [2.75, 3.05) is 24.1 Å². The smallest absolute Gasteiger partial charge is 0.239 e. The Labute approximate surface area is 114 Å². The highest BCUT2D eigenvalue weighted by molar-refractivity contribution is 7.92. The van der Waals surface area contributed by atoms with Gasteiger partial charge in [-0.3, -0.25) is 4.31 Å². The standard InChI is InChI=1S/C14H19NO3S/c1-11-2-3-14-13(8-11)10-19(16,17)15(14)9-12-4-6-18-7-5-12/h2-3,8,12H,4-7,9-10H2,1H3. The highest BCUT2D eigenvalue weighted by Gasteiger charge is 2.34. The van der Waals surface area contributed by atoms with E-state index in [0.717, 1.165) is 42.9 Å². The van der Waals surface area contributed by atoms with E-state index >= 15 is 0 Å². The Bertz CT molecular complexity index is 576. The van der Waals surface area contributed by atoms with Crippen LogP contribution in [0.3, 0.4) is 0 Å². The van der Waals surface area contributed by atoms with Crippen LogP contribution in [0, 0.1) is 12.8 Å². The molecule has 0 atom stereocenters. The molecule has 0 aromatic heterocycles. The second-order valence-corrected chi connectivity index (χ2v) is 7.37. The summed E-state index contributed by atoms with van der Waals surface area (Å²) in [6.45, 7) is 4.09. The molecule has 1 aromatic rings. The third-order valence-corrected chi connectivity index (χ3v) is 5.64. The van der Waals surface area contributed by atoms with Crippen LogP contribution in [0.25, 0.3) is 0 Å². The summed E-state index contributed by atoms with van der Waals surface area (Å²) < 4.78 is 31.5. The van der Waals surface area contributed by atoms with Gasteiger partial charge in [-0.2, -0.15) is 0 Å². The molecule has 2 heterocycles. The third-order valence-electron chi connectivity index (χ3n) is 3.94. The summed E-state index contributed by atoms with van der Waals surface area (Å²) in [7, 11) is -3.17. The van der Waals surface area contributed by atoms with Crippen LogP contribution in [0.4, 0.5) is 5.69 Å². The molecule has 0 aliphatic carbocycles. The second kappa shape index (κ2) is 4.80. The van der Waals surface area contributed by atoms with Crippen molar-refractivity contribution >= 4 is 15.7 Å². The van der Waals surface area contributed by atoms with E-state index < -0.39 is 10.0 Å². The minimum atomic E-state index is -3.17. The quantitative estimate of drug-likeness (QED) is 0.833. The molecule has 1 fully saturated rings. The van der Waals surface area contributed by atoms with Crippen molar-refractivity contribution in [2.24, 2.45) is 5.92 Å². The molecule has 2 aliphatic heterocycles. The lowest BCUT2D eigenvalue weighted by Gasteiger charge is -2.27. The third kappa shape index (κ3) is 2.49. The Morgan fingerprint density at radius 1 is 1.32 bits per heavy atom. The zero-order valence-electron chi connectivity index (χ0n) is 11.1. The van der Waals surface area contributed by atoms with Crippen molar-refractivity contribution in [2.45, 2.75) is 25.5 Å². The molecule has 19 heavy (non-hydrogen) atoms. The van der Waals surface area contributed by atoms with Crippen molar-refractivity contribution in [3.8, 4) is 0 Å². The molecule has 3 rings (SSSR count). The number of nitrogens with zero attached hydrogens (tertiary/aromatic N) is 1. The first-order valence-electron chi connectivity index (χ1n) is 6.74. The number of hydrogen-bond acceptors (Lipinski definition) is 3. The lowest BCUT2D eigenvalue weighted by molar-refractivity contribution is 0.0691. The summed E-state index contributed by atoms with van der Waals surface area (Å²) >= 11 is 0. The molecule has 0 spiro atoms. The summed E-state index contributed by atoms with van der Waals surface area (Å²) in [6.07, 6.45) is 1.90. The van der Waals surface area contributed by atoms with E-state index in [9.17, 15) is 8.42 Å². The minimum Gasteiger partial charge on any atom is -0.381 e. The fraction of sp³-hybridized carbons (Fsp3) is 0.571. The topological polar surface area (TPSA) is 46.6 Å². The van der Waals surface area contributed by atoms with E-state index in [1.807, 2.05) is 25.1 Å². The zero-order valence-corrected chi connectivity index (χ0v) is 11.9. The van der Waals surface area contributed by atoms with Gasteiger partial charge in [-0.05, 0) is 37.3 Å². The molecular weight excluding hydrogens is 262 g/mol. The maximum absolute atomic E-state index is 12.3. The number of fused-ring (bicyclic) bond motifs is 1. The van der Waals surface area contributed by atoms with E-state index in [1.165, 1.54) is 0 Å². The van der Waals surface area contributed by atoms with E-state index in [0.29, 0.717) is 12.5 Å². The van der Waals surface area contributed by atoms with Gasteiger partial charge in [0.25, 0.3) is 0 Å². The highest BCUT2D eigenvalue weighted by Crippen LogP contribution is 2.35. The maximum Gasteiger partial charge on any atom is 0.239 e. The van der Waals surface area contributed by atoms with Crippen LogP contribution in [0.1, 0.15) is 24.0 Å². The second-order valence-electron chi connectivity index (χ2n) is 5.48. The largest absolute Gasteiger partial charge is 0.381 e. The normalized spacial score (nSPS) is 22.5. The molecule has 0 bridgehead atoms. The molecule has 4 nitrogen and oxygen atoms in total. The van der Waals surface area contributed by atoms with Crippen LogP contribution in [0.15, 0.2) is 18.2 Å². The molecule has 0 saturated carbocycles. The average Bonchev–Trinajstić information content (AvgIpc) is 2.61. The highest BCUT2D eigenvalue weighted by atomic mass is 32.2. The number of hydrogen-bond donors (Lipinski definition) is 0. The molecule has 0 amide bonds. The van der Waals surface area contributed by atoms with Crippen LogP contribution < -0.4 is 4.31 Å². The molecule has 2 aliphatic rings. The molecule has 0 radical (unpaired) electrons. The van der Waals surface area contributed by atoms with Crippen LogP contribution in [-0.4, -0.2) is 28.2 Å². The molecule has 1 saturated heterocycles. The van der Waals surface area contributed by atoms with Crippen molar-refractivity contribution in [3.63, 3.8) is 0 Å². The fourth-order valence-electron chi connectivity index (χ4n) is 2.87. The zero-order chi connectivity index (χ0) is 13.5.